The molecule has 164 valence electrons. The molecule has 33 heavy (non-hydrogen) atoms. The SMILES string of the molecule is CC/C(=C(/c1ccc(/C=C/C(=O)O)cc1)c1ccc2[nH]ncc2c1)C1Cc2ccccc2S1. The van der Waals surface area contributed by atoms with E-state index < -0.39 is 5.97 Å². The Kier molecular flexibility index (Phi) is 5.88. The van der Waals surface area contributed by atoms with Crippen molar-refractivity contribution in [3.63, 3.8) is 0 Å². The number of thioether (sulfide) groups is 1. The van der Waals surface area contributed by atoms with Gasteiger partial charge in [-0.3, -0.25) is 5.10 Å². The summed E-state index contributed by atoms with van der Waals surface area (Å²) in [5.74, 6) is -0.945. The number of hydrogen-bond donors (Lipinski definition) is 2. The topological polar surface area (TPSA) is 66.0 Å². The first kappa shape index (κ1) is 21.3. The summed E-state index contributed by atoms with van der Waals surface area (Å²) < 4.78 is 0. The van der Waals surface area contributed by atoms with E-state index in [1.54, 1.807) is 6.08 Å². The lowest BCUT2D eigenvalue weighted by Gasteiger charge is -2.20. The number of nitrogens with one attached hydrogen (secondary N) is 1. The predicted molar refractivity (Wildman–Crippen MR) is 135 cm³/mol. The van der Waals surface area contributed by atoms with E-state index in [4.69, 9.17) is 5.11 Å². The number of fused-ring (bicyclic) bond motifs is 2. The highest BCUT2D eigenvalue weighted by Crippen LogP contribution is 2.44. The number of benzene rings is 3. The molecule has 1 atom stereocenters. The second-order valence-electron chi connectivity index (χ2n) is 8.14. The highest BCUT2D eigenvalue weighted by Gasteiger charge is 2.27. The molecule has 5 rings (SSSR count). The van der Waals surface area contributed by atoms with E-state index in [1.165, 1.54) is 33.2 Å². The van der Waals surface area contributed by atoms with Crippen LogP contribution in [0.15, 0.2) is 89.5 Å². The van der Waals surface area contributed by atoms with Gasteiger partial charge < -0.3 is 5.11 Å². The van der Waals surface area contributed by atoms with Gasteiger partial charge in [-0.25, -0.2) is 4.79 Å². The molecule has 0 radical (unpaired) electrons. The minimum atomic E-state index is -0.945. The maximum atomic E-state index is 10.9. The summed E-state index contributed by atoms with van der Waals surface area (Å²) in [6, 6.07) is 23.3. The summed E-state index contributed by atoms with van der Waals surface area (Å²) >= 11 is 1.95. The normalized spacial score (nSPS) is 16.2. The van der Waals surface area contributed by atoms with E-state index in [9.17, 15) is 4.79 Å². The highest BCUT2D eigenvalue weighted by molar-refractivity contribution is 8.00. The van der Waals surface area contributed by atoms with Gasteiger partial charge in [-0.15, -0.1) is 11.8 Å². The van der Waals surface area contributed by atoms with Gasteiger partial charge in [-0.2, -0.15) is 5.10 Å². The molecule has 0 amide bonds. The molecule has 0 bridgehead atoms. The van der Waals surface area contributed by atoms with E-state index >= 15 is 0 Å². The van der Waals surface area contributed by atoms with Crippen LogP contribution in [0.3, 0.4) is 0 Å². The Morgan fingerprint density at radius 1 is 1.12 bits per heavy atom. The number of carboxylic acids is 1. The average molecular weight is 453 g/mol. The second-order valence-corrected chi connectivity index (χ2v) is 9.38. The number of aromatic amines is 1. The lowest BCUT2D eigenvalue weighted by molar-refractivity contribution is -0.131. The molecule has 0 saturated carbocycles. The third kappa shape index (κ3) is 4.37. The number of carbonyl (C=O) groups is 1. The first-order chi connectivity index (χ1) is 16.1. The molecule has 1 unspecified atom stereocenters. The molecule has 0 fully saturated rings. The molecule has 4 aromatic rings. The van der Waals surface area contributed by atoms with Gasteiger partial charge in [0.15, 0.2) is 0 Å². The van der Waals surface area contributed by atoms with Crippen molar-refractivity contribution in [3.05, 3.63) is 107 Å². The molecule has 2 N–H and O–H groups in total. The maximum absolute atomic E-state index is 10.9. The van der Waals surface area contributed by atoms with Gasteiger partial charge in [0.2, 0.25) is 0 Å². The van der Waals surface area contributed by atoms with Gasteiger partial charge in [-0.05, 0) is 70.5 Å². The Hall–Kier alpha value is -3.57. The number of nitrogens with zero attached hydrogens (tertiary/aromatic N) is 1. The molecular weight excluding hydrogens is 428 g/mol. The molecule has 0 saturated heterocycles. The number of rotatable bonds is 6. The van der Waals surface area contributed by atoms with E-state index in [0.717, 1.165) is 34.9 Å². The summed E-state index contributed by atoms with van der Waals surface area (Å²) in [4.78, 5) is 12.2. The lowest BCUT2D eigenvalue weighted by atomic mass is 9.88. The van der Waals surface area contributed by atoms with Crippen LogP contribution in [0.4, 0.5) is 0 Å². The van der Waals surface area contributed by atoms with Crippen LogP contribution in [0.1, 0.15) is 35.6 Å². The fraction of sp³-hybridized carbons (Fsp3) is 0.143. The third-order valence-corrected chi connectivity index (χ3v) is 7.47. The van der Waals surface area contributed by atoms with E-state index in [-0.39, 0.29) is 0 Å². The minimum absolute atomic E-state index is 0.383. The van der Waals surface area contributed by atoms with Crippen molar-refractivity contribution in [2.75, 3.05) is 0 Å². The Morgan fingerprint density at radius 3 is 2.67 bits per heavy atom. The molecule has 4 nitrogen and oxygen atoms in total. The van der Waals surface area contributed by atoms with Crippen molar-refractivity contribution in [3.8, 4) is 0 Å². The summed E-state index contributed by atoms with van der Waals surface area (Å²) in [5.41, 5.74) is 8.29. The maximum Gasteiger partial charge on any atom is 0.328 e. The van der Waals surface area contributed by atoms with Gasteiger partial charge >= 0.3 is 5.97 Å². The lowest BCUT2D eigenvalue weighted by Crippen LogP contribution is -2.09. The molecule has 1 aliphatic rings. The van der Waals surface area contributed by atoms with Crippen molar-refractivity contribution >= 4 is 40.3 Å². The fourth-order valence-electron chi connectivity index (χ4n) is 4.51. The van der Waals surface area contributed by atoms with Crippen molar-refractivity contribution < 1.29 is 9.90 Å². The molecule has 0 aliphatic carbocycles. The monoisotopic (exact) mass is 452 g/mol. The summed E-state index contributed by atoms with van der Waals surface area (Å²) in [6.45, 7) is 2.24. The van der Waals surface area contributed by atoms with Crippen LogP contribution in [-0.2, 0) is 11.2 Å². The van der Waals surface area contributed by atoms with Crippen molar-refractivity contribution in [1.82, 2.24) is 10.2 Å². The Labute approximate surface area is 197 Å². The summed E-state index contributed by atoms with van der Waals surface area (Å²) in [7, 11) is 0. The van der Waals surface area contributed by atoms with Crippen LogP contribution in [0.5, 0.6) is 0 Å². The Balaban J connectivity index is 1.62. The van der Waals surface area contributed by atoms with Gasteiger partial charge in [0.1, 0.15) is 0 Å². The Bertz CT molecular complexity index is 1360. The Morgan fingerprint density at radius 2 is 1.91 bits per heavy atom. The predicted octanol–water partition coefficient (Wildman–Crippen LogP) is 6.59. The van der Waals surface area contributed by atoms with Crippen molar-refractivity contribution in [2.24, 2.45) is 0 Å². The van der Waals surface area contributed by atoms with Crippen LogP contribution >= 0.6 is 11.8 Å². The molecule has 2 heterocycles. The van der Waals surface area contributed by atoms with Crippen molar-refractivity contribution in [2.45, 2.75) is 29.9 Å². The molecule has 3 aromatic carbocycles. The van der Waals surface area contributed by atoms with Crippen LogP contribution in [0.25, 0.3) is 22.6 Å². The van der Waals surface area contributed by atoms with Crippen LogP contribution in [0, 0.1) is 0 Å². The molecule has 0 spiro atoms. The quantitative estimate of drug-likeness (QED) is 0.324. The molecule has 5 heteroatoms. The highest BCUT2D eigenvalue weighted by atomic mass is 32.2. The van der Waals surface area contributed by atoms with Gasteiger partial charge in [-0.1, -0.05) is 55.5 Å². The zero-order valence-electron chi connectivity index (χ0n) is 18.3. The standard InChI is InChI=1S/C28H24N2O2S/c1-2-23(26-16-20-5-3-4-6-25(20)33-26)28(21-12-13-24-22(15-21)17-29-30-24)19-10-7-18(8-11-19)9-14-27(31)32/h3-15,17,26H,2,16H2,1H3,(H,29,30)(H,31,32)/b14-9+,28-23+. The second kappa shape index (κ2) is 9.12. The van der Waals surface area contributed by atoms with E-state index in [2.05, 4.69) is 71.7 Å². The van der Waals surface area contributed by atoms with Crippen LogP contribution in [-0.4, -0.2) is 26.5 Å². The zero-order chi connectivity index (χ0) is 22.8. The van der Waals surface area contributed by atoms with Gasteiger partial charge in [0.25, 0.3) is 0 Å². The van der Waals surface area contributed by atoms with Gasteiger partial charge in [0, 0.05) is 21.6 Å². The van der Waals surface area contributed by atoms with Crippen LogP contribution < -0.4 is 0 Å². The molecular formula is C28H24N2O2S. The fourth-order valence-corrected chi connectivity index (χ4v) is 5.96. The van der Waals surface area contributed by atoms with Gasteiger partial charge in [0.05, 0.1) is 11.7 Å². The molecule has 1 aliphatic heterocycles. The van der Waals surface area contributed by atoms with E-state index in [1.807, 2.05) is 30.1 Å². The van der Waals surface area contributed by atoms with Crippen LogP contribution in [0.2, 0.25) is 0 Å². The largest absolute Gasteiger partial charge is 0.478 e. The van der Waals surface area contributed by atoms with Crippen molar-refractivity contribution in [1.29, 1.82) is 0 Å². The minimum Gasteiger partial charge on any atom is -0.478 e. The van der Waals surface area contributed by atoms with E-state index in [0.29, 0.717) is 5.25 Å². The number of carboxylic acid groups (broad SMARTS) is 1. The summed E-state index contributed by atoms with van der Waals surface area (Å²) in [5, 5.41) is 17.6. The number of aromatic nitrogens is 2. The third-order valence-electron chi connectivity index (χ3n) is 6.08. The first-order valence-corrected chi connectivity index (χ1v) is 11.9. The number of hydrogen-bond acceptors (Lipinski definition) is 3. The average Bonchev–Trinajstić information content (AvgIpc) is 3.47. The first-order valence-electron chi connectivity index (χ1n) is 11.0. The summed E-state index contributed by atoms with van der Waals surface area (Å²) in [6.07, 6.45) is 6.63. The number of aliphatic carboxylic acids is 1. The zero-order valence-corrected chi connectivity index (χ0v) is 19.1. The number of H-pyrrole nitrogens is 1. The smallest absolute Gasteiger partial charge is 0.328 e. The molecule has 1 aromatic heterocycles.